The molecule has 1 saturated heterocycles. The van der Waals surface area contributed by atoms with Crippen LogP contribution in [0, 0.1) is 0 Å². The Morgan fingerprint density at radius 3 is 3.10 bits per heavy atom. The van der Waals surface area contributed by atoms with Crippen LogP contribution in [0.2, 0.25) is 0 Å². The van der Waals surface area contributed by atoms with Crippen molar-refractivity contribution in [1.29, 1.82) is 0 Å². The Hall–Kier alpha value is -1.73. The number of aliphatic hydroxyl groups is 1. The molecule has 2 aliphatic rings. The van der Waals surface area contributed by atoms with E-state index in [0.29, 0.717) is 31.1 Å². The van der Waals surface area contributed by atoms with Gasteiger partial charge in [0.25, 0.3) is 0 Å². The Bertz CT molecular complexity index is 607. The molecule has 1 saturated carbocycles. The summed E-state index contributed by atoms with van der Waals surface area (Å²) < 4.78 is 5.80. The Morgan fingerprint density at radius 2 is 2.33 bits per heavy atom. The standard InChI is InChI=1S/C14H19N5O2/c20-14(12-7-16-18-17-12)4-1-5-19(9-14)8-13-15-6-11(21-13)10-2-3-10/h6-7,10,20H,1-5,8-9H2,(H,16,17,18)/t14-/m1/s1. The van der Waals surface area contributed by atoms with E-state index in [1.54, 1.807) is 6.20 Å². The molecule has 4 rings (SSSR count). The zero-order chi connectivity index (χ0) is 14.3. The summed E-state index contributed by atoms with van der Waals surface area (Å²) in [7, 11) is 0. The van der Waals surface area contributed by atoms with Crippen molar-refractivity contribution in [2.24, 2.45) is 0 Å². The number of hydrogen-bond acceptors (Lipinski definition) is 6. The largest absolute Gasteiger partial charge is 0.444 e. The number of β-amino-alcohol motifs (C(OH)–C–C–N with tert-alkyl or cyclic N) is 1. The number of aromatic amines is 1. The van der Waals surface area contributed by atoms with Crippen molar-refractivity contribution in [3.63, 3.8) is 0 Å². The fourth-order valence-corrected chi connectivity index (χ4v) is 3.04. The van der Waals surface area contributed by atoms with E-state index in [-0.39, 0.29) is 0 Å². The van der Waals surface area contributed by atoms with Crippen LogP contribution < -0.4 is 0 Å². The van der Waals surface area contributed by atoms with Crippen molar-refractivity contribution in [2.45, 2.75) is 43.7 Å². The fourth-order valence-electron chi connectivity index (χ4n) is 3.04. The van der Waals surface area contributed by atoms with Gasteiger partial charge in [-0.3, -0.25) is 4.90 Å². The quantitative estimate of drug-likeness (QED) is 0.877. The van der Waals surface area contributed by atoms with Crippen LogP contribution in [0.25, 0.3) is 0 Å². The lowest BCUT2D eigenvalue weighted by Gasteiger charge is -2.37. The third-order valence-electron chi connectivity index (χ3n) is 4.35. The second-order valence-electron chi connectivity index (χ2n) is 6.13. The first-order chi connectivity index (χ1) is 10.2. The molecule has 0 amide bonds. The molecule has 1 atom stereocenters. The van der Waals surface area contributed by atoms with E-state index in [4.69, 9.17) is 4.42 Å². The Labute approximate surface area is 122 Å². The van der Waals surface area contributed by atoms with Gasteiger partial charge in [0.1, 0.15) is 17.1 Å². The SMILES string of the molecule is O[C@]1(c2cn[nH]n2)CCCN(Cc2ncc(C3CC3)o2)C1. The van der Waals surface area contributed by atoms with Crippen LogP contribution in [0.15, 0.2) is 16.8 Å². The molecule has 2 aromatic rings. The number of rotatable bonds is 4. The van der Waals surface area contributed by atoms with Gasteiger partial charge < -0.3 is 9.52 Å². The van der Waals surface area contributed by atoms with E-state index in [1.165, 1.54) is 12.8 Å². The van der Waals surface area contributed by atoms with Crippen LogP contribution in [0.3, 0.4) is 0 Å². The average Bonchev–Trinajstić information content (AvgIpc) is 2.99. The molecule has 7 nitrogen and oxygen atoms in total. The number of nitrogens with zero attached hydrogens (tertiary/aromatic N) is 4. The summed E-state index contributed by atoms with van der Waals surface area (Å²) in [6.45, 7) is 2.09. The van der Waals surface area contributed by atoms with Crippen LogP contribution in [-0.2, 0) is 12.1 Å². The Balaban J connectivity index is 1.45. The number of hydrogen-bond donors (Lipinski definition) is 2. The summed E-state index contributed by atoms with van der Waals surface area (Å²) in [5.74, 6) is 2.33. The monoisotopic (exact) mass is 289 g/mol. The van der Waals surface area contributed by atoms with E-state index in [0.717, 1.165) is 24.6 Å². The van der Waals surface area contributed by atoms with Crippen LogP contribution in [0.5, 0.6) is 0 Å². The Morgan fingerprint density at radius 1 is 1.43 bits per heavy atom. The van der Waals surface area contributed by atoms with E-state index in [1.807, 2.05) is 6.20 Å². The minimum atomic E-state index is -0.933. The van der Waals surface area contributed by atoms with Gasteiger partial charge in [-0.15, -0.1) is 0 Å². The van der Waals surface area contributed by atoms with Gasteiger partial charge in [-0.2, -0.15) is 15.4 Å². The minimum Gasteiger partial charge on any atom is -0.444 e. The van der Waals surface area contributed by atoms with Crippen LogP contribution in [-0.4, -0.2) is 43.5 Å². The Kier molecular flexibility index (Phi) is 3.04. The van der Waals surface area contributed by atoms with Crippen molar-refractivity contribution in [3.05, 3.63) is 29.7 Å². The van der Waals surface area contributed by atoms with Crippen molar-refractivity contribution in [2.75, 3.05) is 13.1 Å². The lowest BCUT2D eigenvalue weighted by atomic mass is 9.90. The maximum atomic E-state index is 10.8. The highest BCUT2D eigenvalue weighted by Gasteiger charge is 2.37. The molecule has 7 heteroatoms. The summed E-state index contributed by atoms with van der Waals surface area (Å²) >= 11 is 0. The third-order valence-corrected chi connectivity index (χ3v) is 4.35. The number of aromatic nitrogens is 4. The molecule has 2 fully saturated rings. The van der Waals surface area contributed by atoms with Gasteiger partial charge in [-0.25, -0.2) is 4.98 Å². The molecular formula is C14H19N5O2. The summed E-state index contributed by atoms with van der Waals surface area (Å²) in [5.41, 5.74) is -0.324. The summed E-state index contributed by atoms with van der Waals surface area (Å²) in [6, 6.07) is 0. The van der Waals surface area contributed by atoms with Crippen molar-refractivity contribution < 1.29 is 9.52 Å². The van der Waals surface area contributed by atoms with E-state index >= 15 is 0 Å². The third kappa shape index (κ3) is 2.58. The summed E-state index contributed by atoms with van der Waals surface area (Å²) in [5, 5.41) is 21.2. The molecule has 0 bridgehead atoms. The highest BCUT2D eigenvalue weighted by Crippen LogP contribution is 2.40. The maximum Gasteiger partial charge on any atom is 0.208 e. The first kappa shape index (κ1) is 13.0. The number of H-pyrrole nitrogens is 1. The van der Waals surface area contributed by atoms with Gasteiger partial charge in [0.2, 0.25) is 5.89 Å². The molecule has 0 unspecified atom stereocenters. The molecule has 0 radical (unpaired) electrons. The van der Waals surface area contributed by atoms with Crippen molar-refractivity contribution in [3.8, 4) is 0 Å². The number of oxazole rings is 1. The zero-order valence-corrected chi connectivity index (χ0v) is 11.8. The molecular weight excluding hydrogens is 270 g/mol. The predicted molar refractivity (Wildman–Crippen MR) is 73.3 cm³/mol. The fraction of sp³-hybridized carbons (Fsp3) is 0.643. The topological polar surface area (TPSA) is 91.1 Å². The highest BCUT2D eigenvalue weighted by molar-refractivity contribution is 5.10. The minimum absolute atomic E-state index is 0.528. The predicted octanol–water partition coefficient (Wildman–Crippen LogP) is 1.15. The van der Waals surface area contributed by atoms with Gasteiger partial charge in [0.05, 0.1) is 18.9 Å². The average molecular weight is 289 g/mol. The summed E-state index contributed by atoms with van der Waals surface area (Å²) in [4.78, 5) is 6.53. The van der Waals surface area contributed by atoms with Crippen molar-refractivity contribution in [1.82, 2.24) is 25.3 Å². The second-order valence-corrected chi connectivity index (χ2v) is 6.13. The van der Waals surface area contributed by atoms with Gasteiger partial charge in [-0.1, -0.05) is 0 Å². The van der Waals surface area contributed by atoms with E-state index in [9.17, 15) is 5.11 Å². The molecule has 1 aliphatic heterocycles. The van der Waals surface area contributed by atoms with Crippen LogP contribution in [0.4, 0.5) is 0 Å². The molecule has 2 aromatic heterocycles. The second kappa shape index (κ2) is 4.92. The number of piperidine rings is 1. The lowest BCUT2D eigenvalue weighted by molar-refractivity contribution is -0.0433. The number of likely N-dealkylation sites (tertiary alicyclic amines) is 1. The van der Waals surface area contributed by atoms with E-state index in [2.05, 4.69) is 25.3 Å². The highest BCUT2D eigenvalue weighted by atomic mass is 16.4. The van der Waals surface area contributed by atoms with Gasteiger partial charge in [-0.05, 0) is 32.2 Å². The maximum absolute atomic E-state index is 10.8. The van der Waals surface area contributed by atoms with E-state index < -0.39 is 5.60 Å². The van der Waals surface area contributed by atoms with Crippen LogP contribution in [0.1, 0.15) is 48.9 Å². The van der Waals surface area contributed by atoms with Crippen molar-refractivity contribution >= 4 is 0 Å². The molecule has 112 valence electrons. The van der Waals surface area contributed by atoms with Gasteiger partial charge in [0, 0.05) is 12.5 Å². The molecule has 0 aromatic carbocycles. The first-order valence-electron chi connectivity index (χ1n) is 7.48. The summed E-state index contributed by atoms with van der Waals surface area (Å²) in [6.07, 6.45) is 7.49. The van der Waals surface area contributed by atoms with Gasteiger partial charge in [0.15, 0.2) is 0 Å². The zero-order valence-electron chi connectivity index (χ0n) is 11.8. The molecule has 21 heavy (non-hydrogen) atoms. The first-order valence-corrected chi connectivity index (χ1v) is 7.48. The van der Waals surface area contributed by atoms with Gasteiger partial charge >= 0.3 is 0 Å². The molecule has 0 spiro atoms. The molecule has 3 heterocycles. The lowest BCUT2D eigenvalue weighted by Crippen LogP contribution is -2.46. The number of nitrogens with one attached hydrogen (secondary N) is 1. The van der Waals surface area contributed by atoms with Crippen LogP contribution >= 0.6 is 0 Å². The smallest absolute Gasteiger partial charge is 0.208 e. The normalized spacial score (nSPS) is 27.1. The molecule has 1 aliphatic carbocycles. The molecule has 2 N–H and O–H groups in total.